The van der Waals surface area contributed by atoms with Gasteiger partial charge in [0.1, 0.15) is 17.0 Å². The molecule has 0 radical (unpaired) electrons. The first-order valence-electron chi connectivity index (χ1n) is 15.8. The Labute approximate surface area is 261 Å². The van der Waals surface area contributed by atoms with Crippen LogP contribution in [0.3, 0.4) is 0 Å². The lowest BCUT2D eigenvalue weighted by molar-refractivity contribution is 0.669. The molecule has 0 fully saturated rings. The fourth-order valence-electron chi connectivity index (χ4n) is 6.70. The summed E-state index contributed by atoms with van der Waals surface area (Å²) in [6.07, 6.45) is 0. The minimum atomic E-state index is -1.62. The first kappa shape index (κ1) is 28.4. The van der Waals surface area contributed by atoms with Crippen molar-refractivity contribution in [2.24, 2.45) is 0 Å². The third-order valence-corrected chi connectivity index (χ3v) is 10.9. The van der Waals surface area contributed by atoms with Crippen LogP contribution in [0.4, 0.5) is 0 Å². The molecule has 44 heavy (non-hydrogen) atoms. The summed E-state index contributed by atoms with van der Waals surface area (Å²) in [5.74, 6) is 1.53. The van der Waals surface area contributed by atoms with E-state index in [0.29, 0.717) is 11.8 Å². The van der Waals surface area contributed by atoms with Crippen molar-refractivity contribution >= 4 is 46.2 Å². The minimum absolute atomic E-state index is 0.307. The molecule has 220 valence electrons. The van der Waals surface area contributed by atoms with Crippen LogP contribution in [0.1, 0.15) is 50.7 Å². The molecule has 0 N–H and O–H groups in total. The number of benzene rings is 5. The van der Waals surface area contributed by atoms with Crippen LogP contribution in [0.25, 0.3) is 61.2 Å². The highest BCUT2D eigenvalue weighted by Crippen LogP contribution is 2.42. The number of nitrogens with zero attached hydrogens (tertiary/aromatic N) is 2. The number of imidazole rings is 1. The minimum Gasteiger partial charge on any atom is -0.455 e. The summed E-state index contributed by atoms with van der Waals surface area (Å²) >= 11 is 0. The fraction of sp³-hybridized carbons (Fsp3) is 0.225. The topological polar surface area (TPSA) is 31.0 Å². The summed E-state index contributed by atoms with van der Waals surface area (Å²) < 4.78 is 9.17. The van der Waals surface area contributed by atoms with Gasteiger partial charge in [0.2, 0.25) is 0 Å². The van der Waals surface area contributed by atoms with Gasteiger partial charge in [0.05, 0.1) is 30.4 Å². The Morgan fingerprint density at radius 3 is 2.02 bits per heavy atom. The Hall–Kier alpha value is -4.41. The van der Waals surface area contributed by atoms with E-state index in [1.54, 1.807) is 0 Å². The van der Waals surface area contributed by atoms with Gasteiger partial charge in [0.15, 0.2) is 0 Å². The molecule has 0 saturated heterocycles. The molecule has 0 saturated carbocycles. The van der Waals surface area contributed by atoms with Crippen molar-refractivity contribution in [2.75, 3.05) is 0 Å². The number of aromatic nitrogens is 2. The van der Waals surface area contributed by atoms with E-state index >= 15 is 0 Å². The molecule has 0 spiro atoms. The van der Waals surface area contributed by atoms with Gasteiger partial charge in [-0.25, -0.2) is 4.98 Å². The average molecular weight is 593 g/mol. The zero-order valence-electron chi connectivity index (χ0n) is 26.8. The van der Waals surface area contributed by atoms with E-state index in [1.807, 2.05) is 0 Å². The van der Waals surface area contributed by atoms with Crippen LogP contribution in [0.5, 0.6) is 0 Å². The number of furan rings is 1. The van der Waals surface area contributed by atoms with Gasteiger partial charge in [-0.2, -0.15) is 0 Å². The summed E-state index contributed by atoms with van der Waals surface area (Å²) in [5, 5.41) is 3.85. The van der Waals surface area contributed by atoms with Crippen molar-refractivity contribution in [3.8, 4) is 28.2 Å². The average Bonchev–Trinajstić information content (AvgIpc) is 3.59. The molecule has 0 amide bonds. The van der Waals surface area contributed by atoms with Gasteiger partial charge in [-0.05, 0) is 75.7 Å². The third-order valence-electron chi connectivity index (χ3n) is 8.88. The lowest BCUT2D eigenvalue weighted by Crippen LogP contribution is -2.37. The number of fused-ring (bicyclic) bond motifs is 4. The molecule has 5 aromatic carbocycles. The van der Waals surface area contributed by atoms with Crippen molar-refractivity contribution in [3.63, 3.8) is 0 Å². The Morgan fingerprint density at radius 1 is 0.682 bits per heavy atom. The lowest BCUT2D eigenvalue weighted by atomic mass is 9.88. The summed E-state index contributed by atoms with van der Waals surface area (Å²) in [6, 6.07) is 37.2. The van der Waals surface area contributed by atoms with E-state index in [4.69, 9.17) is 9.40 Å². The molecule has 7 rings (SSSR count). The molecule has 4 heteroatoms. The van der Waals surface area contributed by atoms with Crippen LogP contribution in [0, 0.1) is 0 Å². The zero-order chi connectivity index (χ0) is 30.7. The Balaban J connectivity index is 1.59. The van der Waals surface area contributed by atoms with Crippen molar-refractivity contribution in [3.05, 3.63) is 114 Å². The van der Waals surface area contributed by atoms with Gasteiger partial charge in [-0.1, -0.05) is 114 Å². The third kappa shape index (κ3) is 4.60. The second-order valence-corrected chi connectivity index (χ2v) is 18.7. The molecular formula is C40H40N2OSi. The molecule has 3 nitrogen and oxygen atoms in total. The van der Waals surface area contributed by atoms with E-state index in [-0.39, 0.29) is 0 Å². The van der Waals surface area contributed by atoms with Crippen LogP contribution in [-0.2, 0) is 0 Å². The van der Waals surface area contributed by atoms with Gasteiger partial charge < -0.3 is 4.42 Å². The van der Waals surface area contributed by atoms with Crippen LogP contribution in [-0.4, -0.2) is 17.6 Å². The first-order valence-corrected chi connectivity index (χ1v) is 19.3. The van der Waals surface area contributed by atoms with E-state index in [9.17, 15) is 0 Å². The highest BCUT2D eigenvalue weighted by molar-refractivity contribution is 6.90. The quantitative estimate of drug-likeness (QED) is 0.180. The number of para-hydroxylation sites is 3. The van der Waals surface area contributed by atoms with E-state index in [2.05, 4.69) is 155 Å². The molecule has 0 atom stereocenters. The van der Waals surface area contributed by atoms with Gasteiger partial charge in [-0.3, -0.25) is 4.57 Å². The van der Waals surface area contributed by atoms with Crippen LogP contribution < -0.4 is 5.19 Å². The standard InChI is InChI=1S/C40H40N2OSi/c1-25(2)31-23-28(27-15-9-8-10-16-27)24-32(26(3)4)38(31)42-34-20-12-11-19-33(34)41-40(42)30-18-13-17-29-37-35(43-39(29)30)21-14-22-36(37)44(5,6)7/h8-26H,1-7H3. The maximum absolute atomic E-state index is 6.76. The molecular weight excluding hydrogens is 553 g/mol. The Morgan fingerprint density at radius 2 is 1.34 bits per heavy atom. The van der Waals surface area contributed by atoms with E-state index in [1.165, 1.54) is 43.9 Å². The summed E-state index contributed by atoms with van der Waals surface area (Å²) in [5.41, 5.74) is 11.3. The monoisotopic (exact) mass is 592 g/mol. The Bertz CT molecular complexity index is 2130. The maximum Gasteiger partial charge on any atom is 0.149 e. The maximum atomic E-state index is 6.76. The van der Waals surface area contributed by atoms with Crippen LogP contribution in [0.15, 0.2) is 108 Å². The molecule has 2 aromatic heterocycles. The molecule has 0 bridgehead atoms. The predicted octanol–water partition coefficient (Wildman–Crippen LogP) is 11.1. The molecule has 0 unspecified atom stereocenters. The second-order valence-electron chi connectivity index (χ2n) is 13.7. The lowest BCUT2D eigenvalue weighted by Gasteiger charge is -2.24. The predicted molar refractivity (Wildman–Crippen MR) is 190 cm³/mol. The SMILES string of the molecule is CC(C)c1cc(-c2ccccc2)cc(C(C)C)c1-n1c(-c2cccc3c2oc2cccc([Si](C)(C)C)c23)nc2ccccc21. The number of rotatable bonds is 6. The smallest absolute Gasteiger partial charge is 0.149 e. The number of hydrogen-bond acceptors (Lipinski definition) is 2. The van der Waals surface area contributed by atoms with Gasteiger partial charge in [0.25, 0.3) is 0 Å². The summed E-state index contributed by atoms with van der Waals surface area (Å²) in [7, 11) is -1.62. The number of hydrogen-bond donors (Lipinski definition) is 0. The molecule has 0 aliphatic carbocycles. The highest BCUT2D eigenvalue weighted by atomic mass is 28.3. The summed E-state index contributed by atoms with van der Waals surface area (Å²) in [4.78, 5) is 5.34. The highest BCUT2D eigenvalue weighted by Gasteiger charge is 2.27. The zero-order valence-corrected chi connectivity index (χ0v) is 27.8. The van der Waals surface area contributed by atoms with Gasteiger partial charge >= 0.3 is 0 Å². The normalized spacial score (nSPS) is 12.4. The molecule has 0 aliphatic heterocycles. The molecule has 0 aliphatic rings. The summed E-state index contributed by atoms with van der Waals surface area (Å²) in [6.45, 7) is 16.4. The largest absolute Gasteiger partial charge is 0.455 e. The van der Waals surface area contributed by atoms with Crippen LogP contribution in [0.2, 0.25) is 19.6 Å². The molecule has 7 aromatic rings. The second kappa shape index (κ2) is 10.6. The van der Waals surface area contributed by atoms with Crippen LogP contribution >= 0.6 is 0 Å². The van der Waals surface area contributed by atoms with Crippen molar-refractivity contribution in [2.45, 2.75) is 59.2 Å². The van der Waals surface area contributed by atoms with E-state index < -0.39 is 8.07 Å². The van der Waals surface area contributed by atoms with Gasteiger partial charge in [-0.15, -0.1) is 0 Å². The first-order chi connectivity index (χ1) is 21.1. The Kier molecular flexibility index (Phi) is 6.86. The molecule has 2 heterocycles. The fourth-order valence-corrected chi connectivity index (χ4v) is 8.30. The van der Waals surface area contributed by atoms with E-state index in [0.717, 1.165) is 33.6 Å². The van der Waals surface area contributed by atoms with Crippen molar-refractivity contribution < 1.29 is 4.42 Å². The van der Waals surface area contributed by atoms with Crippen molar-refractivity contribution in [1.29, 1.82) is 0 Å². The van der Waals surface area contributed by atoms with Crippen molar-refractivity contribution in [1.82, 2.24) is 9.55 Å². The van der Waals surface area contributed by atoms with Gasteiger partial charge in [0, 0.05) is 10.8 Å².